The second-order valence-electron chi connectivity index (χ2n) is 7.27. The molecule has 1 aliphatic heterocycles. The van der Waals surface area contributed by atoms with Crippen LogP contribution in [0.1, 0.15) is 39.2 Å². The van der Waals surface area contributed by atoms with Crippen molar-refractivity contribution in [3.8, 4) is 0 Å². The lowest BCUT2D eigenvalue weighted by Crippen LogP contribution is -2.53. The average Bonchev–Trinajstić information content (AvgIpc) is 2.98. The number of nitrogens with zero attached hydrogens (tertiary/aromatic N) is 1. The van der Waals surface area contributed by atoms with E-state index >= 15 is 0 Å². The second-order valence-corrected chi connectivity index (χ2v) is 7.27. The first-order valence-corrected chi connectivity index (χ1v) is 8.67. The lowest BCUT2D eigenvalue weighted by atomic mass is 10.0. The minimum atomic E-state index is -0.556. The molecule has 1 unspecified atom stereocenters. The molecule has 1 saturated heterocycles. The number of benzene rings is 1. The van der Waals surface area contributed by atoms with Gasteiger partial charge in [-0.05, 0) is 45.6 Å². The number of rotatable bonds is 5. The van der Waals surface area contributed by atoms with Crippen molar-refractivity contribution in [2.24, 2.45) is 0 Å². The smallest absolute Gasteiger partial charge is 0.408 e. The molecule has 0 spiro atoms. The topological polar surface area (TPSA) is 67.9 Å². The molecule has 0 bridgehead atoms. The van der Waals surface area contributed by atoms with Gasteiger partial charge >= 0.3 is 12.1 Å². The molecule has 1 heterocycles. The van der Waals surface area contributed by atoms with Gasteiger partial charge in [0.1, 0.15) is 11.6 Å². The minimum Gasteiger partial charge on any atom is -0.468 e. The Bertz CT molecular complexity index is 583. The molecule has 1 aromatic carbocycles. The van der Waals surface area contributed by atoms with Crippen molar-refractivity contribution in [1.29, 1.82) is 0 Å². The van der Waals surface area contributed by atoms with Gasteiger partial charge in [0.25, 0.3) is 0 Å². The third-order valence-corrected chi connectivity index (χ3v) is 4.12. The predicted molar refractivity (Wildman–Crippen MR) is 95.0 cm³/mol. The first-order valence-electron chi connectivity index (χ1n) is 8.67. The summed E-state index contributed by atoms with van der Waals surface area (Å²) in [5, 5.41) is 2.89. The first-order chi connectivity index (χ1) is 11.8. The van der Waals surface area contributed by atoms with Gasteiger partial charge in [0, 0.05) is 6.54 Å². The molecule has 0 radical (unpaired) electrons. The number of carbonyl (C=O) groups is 2. The number of hydrogen-bond donors (Lipinski definition) is 1. The number of carbonyl (C=O) groups excluding carboxylic acids is 2. The summed E-state index contributed by atoms with van der Waals surface area (Å²) >= 11 is 0. The van der Waals surface area contributed by atoms with Crippen LogP contribution in [0.4, 0.5) is 4.79 Å². The zero-order chi connectivity index (χ0) is 18.4. The lowest BCUT2D eigenvalue weighted by Gasteiger charge is -2.32. The summed E-state index contributed by atoms with van der Waals surface area (Å²) in [6.07, 6.45) is 1.53. The van der Waals surface area contributed by atoms with Crippen LogP contribution >= 0.6 is 0 Å². The highest BCUT2D eigenvalue weighted by Gasteiger charge is 2.37. The molecular weight excluding hydrogens is 320 g/mol. The minimum absolute atomic E-state index is 0.234. The summed E-state index contributed by atoms with van der Waals surface area (Å²) in [4.78, 5) is 26.5. The van der Waals surface area contributed by atoms with Crippen LogP contribution in [0, 0.1) is 0 Å². The summed E-state index contributed by atoms with van der Waals surface area (Å²) < 4.78 is 10.3. The maximum Gasteiger partial charge on any atom is 0.408 e. The van der Waals surface area contributed by atoms with Crippen molar-refractivity contribution in [2.75, 3.05) is 13.7 Å². The van der Waals surface area contributed by atoms with Crippen LogP contribution in [0.3, 0.4) is 0 Å². The molecule has 6 heteroatoms. The maximum atomic E-state index is 12.4. The van der Waals surface area contributed by atoms with Gasteiger partial charge in [0.2, 0.25) is 0 Å². The summed E-state index contributed by atoms with van der Waals surface area (Å²) in [7, 11) is 1.40. The molecule has 1 aromatic rings. The molecule has 138 valence electrons. The van der Waals surface area contributed by atoms with Crippen LogP contribution < -0.4 is 5.32 Å². The van der Waals surface area contributed by atoms with Crippen LogP contribution in [-0.4, -0.2) is 48.4 Å². The Morgan fingerprint density at radius 3 is 2.56 bits per heavy atom. The summed E-state index contributed by atoms with van der Waals surface area (Å²) in [6.45, 7) is 6.20. The van der Waals surface area contributed by atoms with E-state index in [9.17, 15) is 9.59 Å². The molecule has 1 fully saturated rings. The highest BCUT2D eigenvalue weighted by molar-refractivity contribution is 5.76. The average molecular weight is 348 g/mol. The monoisotopic (exact) mass is 348 g/mol. The van der Waals surface area contributed by atoms with Gasteiger partial charge in [-0.15, -0.1) is 0 Å². The van der Waals surface area contributed by atoms with E-state index in [1.807, 2.05) is 56.0 Å². The Morgan fingerprint density at radius 2 is 1.96 bits per heavy atom. The number of nitrogens with one attached hydrogen (secondary N) is 1. The number of alkyl carbamates (subject to hydrolysis) is 1. The first kappa shape index (κ1) is 19.2. The molecule has 25 heavy (non-hydrogen) atoms. The summed E-state index contributed by atoms with van der Waals surface area (Å²) in [5.41, 5.74) is 0.500. The van der Waals surface area contributed by atoms with Gasteiger partial charge in [-0.1, -0.05) is 30.3 Å². The molecule has 0 aliphatic carbocycles. The van der Waals surface area contributed by atoms with E-state index in [-0.39, 0.29) is 12.1 Å². The Labute approximate surface area is 149 Å². The number of esters is 1. The maximum absolute atomic E-state index is 12.4. The van der Waals surface area contributed by atoms with E-state index in [2.05, 4.69) is 5.32 Å². The van der Waals surface area contributed by atoms with E-state index in [0.29, 0.717) is 6.42 Å². The van der Waals surface area contributed by atoms with Crippen LogP contribution in [0.5, 0.6) is 0 Å². The van der Waals surface area contributed by atoms with Gasteiger partial charge in [-0.25, -0.2) is 4.79 Å². The highest BCUT2D eigenvalue weighted by atomic mass is 16.6. The normalized spacial score (nSPS) is 19.3. The fraction of sp³-hybridized carbons (Fsp3) is 0.579. The molecule has 2 rings (SSSR count). The zero-order valence-corrected chi connectivity index (χ0v) is 15.5. The quantitative estimate of drug-likeness (QED) is 0.829. The number of ether oxygens (including phenoxy) is 2. The Kier molecular flexibility index (Phi) is 6.42. The van der Waals surface area contributed by atoms with E-state index in [1.54, 1.807) is 0 Å². The van der Waals surface area contributed by atoms with E-state index < -0.39 is 17.7 Å². The van der Waals surface area contributed by atoms with Gasteiger partial charge < -0.3 is 14.8 Å². The van der Waals surface area contributed by atoms with Crippen LogP contribution in [0.25, 0.3) is 0 Å². The third-order valence-electron chi connectivity index (χ3n) is 4.12. The van der Waals surface area contributed by atoms with Gasteiger partial charge in [-0.3, -0.25) is 9.69 Å². The van der Waals surface area contributed by atoms with E-state index in [4.69, 9.17) is 9.47 Å². The lowest BCUT2D eigenvalue weighted by molar-refractivity contribution is -0.147. The van der Waals surface area contributed by atoms with Gasteiger partial charge in [0.05, 0.1) is 13.3 Å². The molecule has 1 N–H and O–H groups in total. The van der Waals surface area contributed by atoms with Crippen LogP contribution in [0.2, 0.25) is 0 Å². The van der Waals surface area contributed by atoms with Crippen molar-refractivity contribution in [2.45, 2.75) is 57.8 Å². The van der Waals surface area contributed by atoms with Crippen molar-refractivity contribution >= 4 is 12.1 Å². The second kappa shape index (κ2) is 8.34. The Morgan fingerprint density at radius 1 is 1.28 bits per heavy atom. The SMILES string of the molecule is COC(=O)[C@@H](Cc1ccccc1)N1CCCC1NC(=O)OC(C)(C)C. The largest absolute Gasteiger partial charge is 0.468 e. The fourth-order valence-corrected chi connectivity index (χ4v) is 3.07. The molecule has 2 atom stereocenters. The van der Waals surface area contributed by atoms with Crippen LogP contribution in [-0.2, 0) is 20.7 Å². The van der Waals surface area contributed by atoms with E-state index in [0.717, 1.165) is 24.9 Å². The molecule has 1 amide bonds. The number of hydrogen-bond acceptors (Lipinski definition) is 5. The van der Waals surface area contributed by atoms with Crippen molar-refractivity contribution in [1.82, 2.24) is 10.2 Å². The van der Waals surface area contributed by atoms with Crippen LogP contribution in [0.15, 0.2) is 30.3 Å². The standard InChI is InChI=1S/C19H28N2O4/c1-19(2,3)25-18(23)20-16-11-8-12-21(16)15(17(22)24-4)13-14-9-6-5-7-10-14/h5-7,9-10,15-16H,8,11-13H2,1-4H3,(H,20,23)/t15-,16?/m1/s1. The zero-order valence-electron chi connectivity index (χ0n) is 15.5. The van der Waals surface area contributed by atoms with Crippen molar-refractivity contribution in [3.05, 3.63) is 35.9 Å². The molecule has 0 aromatic heterocycles. The Balaban J connectivity index is 2.09. The number of amides is 1. The summed E-state index contributed by atoms with van der Waals surface area (Å²) in [5.74, 6) is -0.290. The number of likely N-dealkylation sites (tertiary alicyclic amines) is 1. The number of methoxy groups -OCH3 is 1. The van der Waals surface area contributed by atoms with Gasteiger partial charge in [0.15, 0.2) is 0 Å². The molecule has 1 aliphatic rings. The molecular formula is C19H28N2O4. The molecule has 6 nitrogen and oxygen atoms in total. The van der Waals surface area contributed by atoms with E-state index in [1.165, 1.54) is 7.11 Å². The Hall–Kier alpha value is -2.08. The highest BCUT2D eigenvalue weighted by Crippen LogP contribution is 2.22. The summed E-state index contributed by atoms with van der Waals surface area (Å²) in [6, 6.07) is 9.38. The molecule has 0 saturated carbocycles. The third kappa shape index (κ3) is 5.74. The van der Waals surface area contributed by atoms with Crippen molar-refractivity contribution < 1.29 is 19.1 Å². The van der Waals surface area contributed by atoms with Gasteiger partial charge in [-0.2, -0.15) is 0 Å². The van der Waals surface area contributed by atoms with Crippen molar-refractivity contribution in [3.63, 3.8) is 0 Å². The predicted octanol–water partition coefficient (Wildman–Crippen LogP) is 2.72. The fourth-order valence-electron chi connectivity index (χ4n) is 3.07.